The lowest BCUT2D eigenvalue weighted by molar-refractivity contribution is 0.295. The zero-order chi connectivity index (χ0) is 18.3. The molecule has 0 aliphatic heterocycles. The summed E-state index contributed by atoms with van der Waals surface area (Å²) in [4.78, 5) is 6.46. The number of nitrogens with zero attached hydrogens (tertiary/aromatic N) is 2. The maximum absolute atomic E-state index is 5.42. The summed E-state index contributed by atoms with van der Waals surface area (Å²) in [7, 11) is 9.19. The number of ether oxygens (including phenoxy) is 2. The quantitative estimate of drug-likeness (QED) is 0.616. The molecule has 136 valence electrons. The summed E-state index contributed by atoms with van der Waals surface area (Å²) in [5.41, 5.74) is 1.11. The van der Waals surface area contributed by atoms with E-state index >= 15 is 0 Å². The van der Waals surface area contributed by atoms with E-state index in [0.29, 0.717) is 0 Å². The van der Waals surface area contributed by atoms with Crippen LogP contribution in [-0.2, 0) is 0 Å². The third-order valence-electron chi connectivity index (χ3n) is 3.60. The second kappa shape index (κ2) is 8.78. The van der Waals surface area contributed by atoms with Gasteiger partial charge < -0.3 is 25.0 Å². The lowest BCUT2D eigenvalue weighted by atomic mass is 10.0. The number of hydrogen-bond donors (Lipinski definition) is 2. The second-order valence-electron chi connectivity index (χ2n) is 6.92. The average molecular weight is 336 g/mol. The molecule has 0 fully saturated rings. The van der Waals surface area contributed by atoms with Crippen molar-refractivity contribution in [2.24, 2.45) is 4.99 Å². The molecule has 6 nitrogen and oxygen atoms in total. The highest BCUT2D eigenvalue weighted by Crippen LogP contribution is 2.31. The molecule has 1 atom stereocenters. The maximum Gasteiger partial charge on any atom is 0.191 e. The zero-order valence-electron chi connectivity index (χ0n) is 16.2. The average Bonchev–Trinajstić information content (AvgIpc) is 2.52. The molecule has 1 rings (SSSR count). The number of likely N-dealkylation sites (N-methyl/N-ethyl adjacent to an activating group) is 1. The van der Waals surface area contributed by atoms with Crippen molar-refractivity contribution in [1.82, 2.24) is 15.5 Å². The molecule has 0 aliphatic carbocycles. The molecule has 1 aromatic carbocycles. The number of guanidine groups is 1. The van der Waals surface area contributed by atoms with E-state index in [4.69, 9.17) is 9.47 Å². The van der Waals surface area contributed by atoms with E-state index in [2.05, 4.69) is 61.5 Å². The largest absolute Gasteiger partial charge is 0.493 e. The van der Waals surface area contributed by atoms with Gasteiger partial charge in [-0.1, -0.05) is 6.07 Å². The molecular formula is C18H32N4O2. The first-order valence-corrected chi connectivity index (χ1v) is 8.09. The van der Waals surface area contributed by atoms with Crippen molar-refractivity contribution in [2.75, 3.05) is 41.9 Å². The van der Waals surface area contributed by atoms with Gasteiger partial charge in [-0.05, 0) is 52.6 Å². The first kappa shape index (κ1) is 20.1. The number of rotatable bonds is 6. The molecule has 0 aromatic heterocycles. The summed E-state index contributed by atoms with van der Waals surface area (Å²) in [5.74, 6) is 2.26. The monoisotopic (exact) mass is 336 g/mol. The van der Waals surface area contributed by atoms with Crippen LogP contribution >= 0.6 is 0 Å². The van der Waals surface area contributed by atoms with Gasteiger partial charge in [-0.2, -0.15) is 0 Å². The van der Waals surface area contributed by atoms with Gasteiger partial charge in [0.1, 0.15) is 0 Å². The molecule has 6 heteroatoms. The topological polar surface area (TPSA) is 58.1 Å². The molecule has 0 amide bonds. The maximum atomic E-state index is 5.42. The molecule has 1 unspecified atom stereocenters. The fourth-order valence-electron chi connectivity index (χ4n) is 2.39. The summed E-state index contributed by atoms with van der Waals surface area (Å²) in [6.45, 7) is 7.05. The highest BCUT2D eigenvalue weighted by molar-refractivity contribution is 5.80. The van der Waals surface area contributed by atoms with Crippen LogP contribution in [-0.4, -0.2) is 58.3 Å². The van der Waals surface area contributed by atoms with Gasteiger partial charge in [0.05, 0.1) is 20.3 Å². The van der Waals surface area contributed by atoms with E-state index in [0.717, 1.165) is 29.6 Å². The third kappa shape index (κ3) is 5.92. The Bertz CT molecular complexity index is 550. The van der Waals surface area contributed by atoms with Crippen molar-refractivity contribution in [1.29, 1.82) is 0 Å². The highest BCUT2D eigenvalue weighted by Gasteiger charge is 2.18. The van der Waals surface area contributed by atoms with E-state index in [1.54, 1.807) is 21.3 Å². The number of hydrogen-bond acceptors (Lipinski definition) is 4. The van der Waals surface area contributed by atoms with E-state index in [9.17, 15) is 0 Å². The Morgan fingerprint density at radius 3 is 2.25 bits per heavy atom. The fraction of sp³-hybridized carbons (Fsp3) is 0.611. The Labute approximate surface area is 146 Å². The Kier molecular flexibility index (Phi) is 7.35. The lowest BCUT2D eigenvalue weighted by Gasteiger charge is -2.29. The van der Waals surface area contributed by atoms with Crippen molar-refractivity contribution >= 4 is 5.96 Å². The Hall–Kier alpha value is -1.95. The summed E-state index contributed by atoms with van der Waals surface area (Å²) in [6.07, 6.45) is 0. The van der Waals surface area contributed by atoms with Crippen LogP contribution in [0.25, 0.3) is 0 Å². The van der Waals surface area contributed by atoms with Crippen LogP contribution in [0.5, 0.6) is 11.5 Å². The van der Waals surface area contributed by atoms with Crippen LogP contribution in [0.3, 0.4) is 0 Å². The van der Waals surface area contributed by atoms with Gasteiger partial charge in [-0.3, -0.25) is 4.99 Å². The molecule has 0 radical (unpaired) electrons. The predicted molar refractivity (Wildman–Crippen MR) is 100 cm³/mol. The number of methoxy groups -OCH3 is 2. The Morgan fingerprint density at radius 1 is 1.17 bits per heavy atom. The van der Waals surface area contributed by atoms with Gasteiger partial charge in [-0.15, -0.1) is 0 Å². The molecular weight excluding hydrogens is 304 g/mol. The fourth-order valence-corrected chi connectivity index (χ4v) is 2.39. The van der Waals surface area contributed by atoms with Gasteiger partial charge in [0, 0.05) is 19.1 Å². The molecule has 0 heterocycles. The van der Waals surface area contributed by atoms with E-state index in [1.165, 1.54) is 0 Å². The molecule has 0 saturated carbocycles. The van der Waals surface area contributed by atoms with Crippen LogP contribution < -0.4 is 20.1 Å². The minimum Gasteiger partial charge on any atom is -0.493 e. The Balaban J connectivity index is 2.92. The van der Waals surface area contributed by atoms with Crippen LogP contribution in [0.2, 0.25) is 0 Å². The molecule has 0 spiro atoms. The van der Waals surface area contributed by atoms with Crippen molar-refractivity contribution in [3.8, 4) is 11.5 Å². The van der Waals surface area contributed by atoms with Gasteiger partial charge in [0.15, 0.2) is 17.5 Å². The lowest BCUT2D eigenvalue weighted by Crippen LogP contribution is -2.49. The number of aliphatic imine (C=N–C) groups is 1. The van der Waals surface area contributed by atoms with Crippen molar-refractivity contribution in [2.45, 2.75) is 32.4 Å². The summed E-state index contributed by atoms with van der Waals surface area (Å²) >= 11 is 0. The second-order valence-corrected chi connectivity index (χ2v) is 6.92. The SMILES string of the molecule is CN=C(NCC(c1ccc(OC)c(OC)c1)N(C)C)NC(C)(C)C. The normalized spacial score (nSPS) is 13.6. The minimum atomic E-state index is -0.0429. The molecule has 0 saturated heterocycles. The first-order valence-electron chi connectivity index (χ1n) is 8.09. The van der Waals surface area contributed by atoms with Crippen LogP contribution in [0.15, 0.2) is 23.2 Å². The molecule has 1 aromatic rings. The zero-order valence-corrected chi connectivity index (χ0v) is 16.2. The smallest absolute Gasteiger partial charge is 0.191 e. The van der Waals surface area contributed by atoms with Crippen molar-refractivity contribution in [3.05, 3.63) is 23.8 Å². The third-order valence-corrected chi connectivity index (χ3v) is 3.60. The van der Waals surface area contributed by atoms with Gasteiger partial charge in [-0.25, -0.2) is 0 Å². The summed E-state index contributed by atoms with van der Waals surface area (Å²) in [5, 5.41) is 6.77. The minimum absolute atomic E-state index is 0.0429. The van der Waals surface area contributed by atoms with E-state index in [1.807, 2.05) is 12.1 Å². The van der Waals surface area contributed by atoms with Crippen LogP contribution in [0, 0.1) is 0 Å². The highest BCUT2D eigenvalue weighted by atomic mass is 16.5. The first-order chi connectivity index (χ1) is 11.2. The van der Waals surface area contributed by atoms with Gasteiger partial charge in [0.25, 0.3) is 0 Å². The van der Waals surface area contributed by atoms with Crippen LogP contribution in [0.4, 0.5) is 0 Å². The van der Waals surface area contributed by atoms with E-state index in [-0.39, 0.29) is 11.6 Å². The molecule has 0 aliphatic rings. The predicted octanol–water partition coefficient (Wildman–Crippen LogP) is 2.27. The van der Waals surface area contributed by atoms with E-state index < -0.39 is 0 Å². The van der Waals surface area contributed by atoms with Gasteiger partial charge in [0.2, 0.25) is 0 Å². The summed E-state index contributed by atoms with van der Waals surface area (Å²) < 4.78 is 10.7. The van der Waals surface area contributed by atoms with Crippen molar-refractivity contribution < 1.29 is 9.47 Å². The molecule has 24 heavy (non-hydrogen) atoms. The molecule has 2 N–H and O–H groups in total. The summed E-state index contributed by atoms with van der Waals surface area (Å²) in [6, 6.07) is 6.19. The Morgan fingerprint density at radius 2 is 1.79 bits per heavy atom. The number of benzene rings is 1. The van der Waals surface area contributed by atoms with Crippen molar-refractivity contribution in [3.63, 3.8) is 0 Å². The standard InChI is InChI=1S/C18H32N4O2/c1-18(2,3)21-17(19-4)20-12-14(22(5)6)13-9-10-15(23-7)16(11-13)24-8/h9-11,14H,12H2,1-8H3,(H2,19,20,21). The van der Waals surface area contributed by atoms with Gasteiger partial charge >= 0.3 is 0 Å². The number of nitrogens with one attached hydrogen (secondary N) is 2. The molecule has 0 bridgehead atoms. The van der Waals surface area contributed by atoms with Crippen LogP contribution in [0.1, 0.15) is 32.4 Å².